The first-order chi connectivity index (χ1) is 7.61. The van der Waals surface area contributed by atoms with Gasteiger partial charge in [-0.25, -0.2) is 0 Å². The number of ether oxygens (including phenoxy) is 1. The highest BCUT2D eigenvalue weighted by Crippen LogP contribution is 2.21. The van der Waals surface area contributed by atoms with Crippen LogP contribution < -0.4 is 0 Å². The molecule has 0 aromatic carbocycles. The van der Waals surface area contributed by atoms with Crippen molar-refractivity contribution in [2.75, 3.05) is 20.8 Å². The standard InChI is InChI=1S/C11H20O4Si/c1-13-16(3,14-2)8-4-5-10-9-15-7-6-11(10)12/h6-7,12H,4-5,8-9H2,1-3H3. The lowest BCUT2D eigenvalue weighted by atomic mass is 10.1. The zero-order valence-corrected chi connectivity index (χ0v) is 11.2. The van der Waals surface area contributed by atoms with Crippen LogP contribution in [0.25, 0.3) is 0 Å². The monoisotopic (exact) mass is 244 g/mol. The Bertz CT molecular complexity index is 282. The Kier molecular flexibility index (Phi) is 5.04. The maximum atomic E-state index is 9.57. The van der Waals surface area contributed by atoms with Gasteiger partial charge in [-0.05, 0) is 25.4 Å². The van der Waals surface area contributed by atoms with Crippen LogP contribution in [0.2, 0.25) is 12.6 Å². The minimum atomic E-state index is -1.97. The van der Waals surface area contributed by atoms with Crippen LogP contribution in [0, 0.1) is 0 Å². The van der Waals surface area contributed by atoms with E-state index in [1.807, 2.05) is 6.55 Å². The summed E-state index contributed by atoms with van der Waals surface area (Å²) in [6, 6.07) is 0.917. The molecule has 16 heavy (non-hydrogen) atoms. The normalized spacial score (nSPS) is 16.4. The molecule has 1 N–H and O–H groups in total. The average molecular weight is 244 g/mol. The Hall–Kier alpha value is -0.783. The lowest BCUT2D eigenvalue weighted by Gasteiger charge is -2.23. The predicted octanol–water partition coefficient (Wildman–Crippen LogP) is 2.49. The third-order valence-electron chi connectivity index (χ3n) is 2.91. The zero-order valence-electron chi connectivity index (χ0n) is 10.2. The van der Waals surface area contributed by atoms with E-state index in [0.717, 1.165) is 24.5 Å². The SMILES string of the molecule is CO[Si](C)(CCCC1=C(O)C=COC1)OC. The molecule has 4 nitrogen and oxygen atoms in total. The van der Waals surface area contributed by atoms with Crippen LogP contribution in [0.5, 0.6) is 0 Å². The second kappa shape index (κ2) is 6.08. The van der Waals surface area contributed by atoms with Crippen molar-refractivity contribution >= 4 is 8.56 Å². The maximum absolute atomic E-state index is 9.57. The largest absolute Gasteiger partial charge is 0.508 e. The maximum Gasteiger partial charge on any atom is 0.334 e. The third-order valence-corrected chi connectivity index (χ3v) is 5.90. The summed E-state index contributed by atoms with van der Waals surface area (Å²) in [5, 5.41) is 9.57. The van der Waals surface area contributed by atoms with E-state index in [2.05, 4.69) is 0 Å². The van der Waals surface area contributed by atoms with Crippen molar-refractivity contribution in [2.24, 2.45) is 0 Å². The average Bonchev–Trinajstić information content (AvgIpc) is 2.31. The van der Waals surface area contributed by atoms with E-state index in [-0.39, 0.29) is 0 Å². The second-order valence-corrected chi connectivity index (χ2v) is 7.58. The summed E-state index contributed by atoms with van der Waals surface area (Å²) in [6.07, 6.45) is 4.87. The van der Waals surface area contributed by atoms with Crippen LogP contribution in [-0.2, 0) is 13.6 Å². The quantitative estimate of drug-likeness (QED) is 0.729. The van der Waals surface area contributed by atoms with Crippen LogP contribution >= 0.6 is 0 Å². The van der Waals surface area contributed by atoms with Gasteiger partial charge in [0.15, 0.2) is 0 Å². The molecule has 1 aliphatic heterocycles. The molecule has 1 heterocycles. The Morgan fingerprint density at radius 2 is 2.12 bits per heavy atom. The van der Waals surface area contributed by atoms with Crippen molar-refractivity contribution in [1.82, 2.24) is 0 Å². The third kappa shape index (κ3) is 3.66. The van der Waals surface area contributed by atoms with Crippen molar-refractivity contribution in [1.29, 1.82) is 0 Å². The molecule has 92 valence electrons. The summed E-state index contributed by atoms with van der Waals surface area (Å²) in [5.41, 5.74) is 0.950. The fourth-order valence-corrected chi connectivity index (χ4v) is 2.96. The predicted molar refractivity (Wildman–Crippen MR) is 64.4 cm³/mol. The summed E-state index contributed by atoms with van der Waals surface area (Å²) >= 11 is 0. The molecule has 0 aromatic heterocycles. The molecule has 0 spiro atoms. The Labute approximate surface area is 97.8 Å². The fraction of sp³-hybridized carbons (Fsp3) is 0.636. The molecule has 1 aliphatic rings. The molecule has 0 unspecified atom stereocenters. The molecule has 1 rings (SSSR count). The van der Waals surface area contributed by atoms with Crippen molar-refractivity contribution in [3.8, 4) is 0 Å². The molecule has 5 heteroatoms. The summed E-state index contributed by atoms with van der Waals surface area (Å²) < 4.78 is 15.9. The lowest BCUT2D eigenvalue weighted by Crippen LogP contribution is -2.35. The Morgan fingerprint density at radius 1 is 1.44 bits per heavy atom. The van der Waals surface area contributed by atoms with Crippen LogP contribution in [-0.4, -0.2) is 34.5 Å². The Balaban J connectivity index is 2.38. The summed E-state index contributed by atoms with van der Waals surface area (Å²) in [5.74, 6) is 0.337. The molecule has 0 atom stereocenters. The van der Waals surface area contributed by atoms with E-state index in [1.165, 1.54) is 6.26 Å². The summed E-state index contributed by atoms with van der Waals surface area (Å²) in [4.78, 5) is 0. The van der Waals surface area contributed by atoms with Gasteiger partial charge in [-0.1, -0.05) is 0 Å². The first-order valence-electron chi connectivity index (χ1n) is 5.41. The van der Waals surface area contributed by atoms with Gasteiger partial charge >= 0.3 is 8.56 Å². The van der Waals surface area contributed by atoms with E-state index in [4.69, 9.17) is 13.6 Å². The number of rotatable bonds is 6. The molecule has 0 aromatic rings. The molecule has 0 saturated heterocycles. The number of aliphatic hydroxyl groups is 1. The smallest absolute Gasteiger partial charge is 0.334 e. The van der Waals surface area contributed by atoms with E-state index < -0.39 is 8.56 Å². The number of hydrogen-bond donors (Lipinski definition) is 1. The van der Waals surface area contributed by atoms with Crippen LogP contribution in [0.15, 0.2) is 23.7 Å². The second-order valence-electron chi connectivity index (χ2n) is 4.00. The number of aliphatic hydroxyl groups excluding tert-OH is 1. The van der Waals surface area contributed by atoms with Gasteiger partial charge in [0.1, 0.15) is 12.4 Å². The summed E-state index contributed by atoms with van der Waals surface area (Å²) in [7, 11) is 1.42. The highest BCUT2D eigenvalue weighted by atomic mass is 28.4. The van der Waals surface area contributed by atoms with Gasteiger partial charge in [0.25, 0.3) is 0 Å². The van der Waals surface area contributed by atoms with Gasteiger partial charge in [-0.15, -0.1) is 0 Å². The van der Waals surface area contributed by atoms with E-state index >= 15 is 0 Å². The highest BCUT2D eigenvalue weighted by molar-refractivity contribution is 6.65. The van der Waals surface area contributed by atoms with Gasteiger partial charge < -0.3 is 18.7 Å². The van der Waals surface area contributed by atoms with E-state index in [9.17, 15) is 5.11 Å². The van der Waals surface area contributed by atoms with Gasteiger partial charge in [-0.2, -0.15) is 0 Å². The highest BCUT2D eigenvalue weighted by Gasteiger charge is 2.28. The zero-order chi connectivity index (χ0) is 12.0. The molecule has 0 aliphatic carbocycles. The van der Waals surface area contributed by atoms with Gasteiger partial charge in [0.05, 0.1) is 6.26 Å². The molecular weight excluding hydrogens is 224 g/mol. The van der Waals surface area contributed by atoms with Crippen LogP contribution in [0.1, 0.15) is 12.8 Å². The molecule has 0 saturated carbocycles. The first kappa shape index (κ1) is 13.3. The lowest BCUT2D eigenvalue weighted by molar-refractivity contribution is 0.244. The topological polar surface area (TPSA) is 47.9 Å². The van der Waals surface area contributed by atoms with Crippen molar-refractivity contribution in [3.63, 3.8) is 0 Å². The minimum Gasteiger partial charge on any atom is -0.508 e. The van der Waals surface area contributed by atoms with Gasteiger partial charge in [0.2, 0.25) is 0 Å². The van der Waals surface area contributed by atoms with Gasteiger partial charge in [-0.3, -0.25) is 0 Å². The number of allylic oxidation sites excluding steroid dienone is 1. The van der Waals surface area contributed by atoms with Crippen LogP contribution in [0.3, 0.4) is 0 Å². The number of hydrogen-bond acceptors (Lipinski definition) is 4. The molecule has 0 amide bonds. The van der Waals surface area contributed by atoms with Crippen LogP contribution in [0.4, 0.5) is 0 Å². The van der Waals surface area contributed by atoms with Crippen molar-refractivity contribution in [2.45, 2.75) is 25.4 Å². The Morgan fingerprint density at radius 3 is 2.69 bits per heavy atom. The first-order valence-corrected chi connectivity index (χ1v) is 7.93. The van der Waals surface area contributed by atoms with Crippen molar-refractivity contribution < 1.29 is 18.7 Å². The van der Waals surface area contributed by atoms with E-state index in [1.54, 1.807) is 20.3 Å². The fourth-order valence-electron chi connectivity index (χ4n) is 1.56. The minimum absolute atomic E-state index is 0.337. The molecule has 0 bridgehead atoms. The molecule has 0 fully saturated rings. The van der Waals surface area contributed by atoms with Gasteiger partial charge in [0, 0.05) is 25.9 Å². The summed E-state index contributed by atoms with van der Waals surface area (Å²) in [6.45, 7) is 2.53. The molecular formula is C11H20O4Si. The van der Waals surface area contributed by atoms with E-state index in [0.29, 0.717) is 12.4 Å². The molecule has 0 radical (unpaired) electrons. The van der Waals surface area contributed by atoms with Crippen molar-refractivity contribution in [3.05, 3.63) is 23.7 Å².